The van der Waals surface area contributed by atoms with Crippen LogP contribution in [0.3, 0.4) is 0 Å². The lowest BCUT2D eigenvalue weighted by Gasteiger charge is -2.19. The minimum Gasteiger partial charge on any atom is -0.394 e. The summed E-state index contributed by atoms with van der Waals surface area (Å²) in [4.78, 5) is 22.4. The molecule has 0 rings (SSSR count). The first-order valence-corrected chi connectivity index (χ1v) is 11.0. The molecule has 0 aromatic heterocycles. The van der Waals surface area contributed by atoms with Crippen molar-refractivity contribution in [1.29, 1.82) is 0 Å². The number of unbranched alkanes of at least 4 members (excludes halogenated alkanes) is 11. The minimum atomic E-state index is -0.945. The predicted molar refractivity (Wildman–Crippen MR) is 114 cm³/mol. The summed E-state index contributed by atoms with van der Waals surface area (Å²) in [6.45, 7) is 3.04. The topological polar surface area (TPSA) is 98.7 Å². The number of aliphatic hydroxyl groups excluding tert-OH is 2. The molecule has 0 aliphatic rings. The van der Waals surface area contributed by atoms with Gasteiger partial charge in [0.2, 0.25) is 11.8 Å². The molecule has 4 N–H and O–H groups in total. The van der Waals surface area contributed by atoms with Gasteiger partial charge >= 0.3 is 0 Å². The Morgan fingerprint density at radius 3 is 1.96 bits per heavy atom. The van der Waals surface area contributed by atoms with Gasteiger partial charge in [-0.15, -0.1) is 0 Å². The number of carbonyl (C=O) groups is 2. The number of hydrogen-bond donors (Lipinski definition) is 4. The zero-order chi connectivity index (χ0) is 21.0. The Bertz CT molecular complexity index is 427. The van der Waals surface area contributed by atoms with Crippen molar-refractivity contribution in [3.05, 3.63) is 12.2 Å². The highest BCUT2D eigenvalue weighted by Gasteiger charge is 2.18. The van der Waals surface area contributed by atoms with Gasteiger partial charge in [0, 0.05) is 6.92 Å². The van der Waals surface area contributed by atoms with Gasteiger partial charge in [0.25, 0.3) is 0 Å². The number of amides is 2. The summed E-state index contributed by atoms with van der Waals surface area (Å²) >= 11 is 0. The molecule has 2 amide bonds. The van der Waals surface area contributed by atoms with E-state index in [1.54, 1.807) is 6.08 Å². The first-order valence-electron chi connectivity index (χ1n) is 11.0. The summed E-state index contributed by atoms with van der Waals surface area (Å²) < 4.78 is 0. The zero-order valence-electron chi connectivity index (χ0n) is 17.9. The van der Waals surface area contributed by atoms with Crippen LogP contribution in [0.4, 0.5) is 0 Å². The third-order valence-corrected chi connectivity index (χ3v) is 4.76. The number of hydrogen-bond acceptors (Lipinski definition) is 4. The molecule has 0 unspecified atom stereocenters. The van der Waals surface area contributed by atoms with Gasteiger partial charge in [0.1, 0.15) is 0 Å². The van der Waals surface area contributed by atoms with Gasteiger partial charge in [-0.2, -0.15) is 0 Å². The molecule has 0 saturated carbocycles. The van der Waals surface area contributed by atoms with Crippen molar-refractivity contribution in [3.63, 3.8) is 0 Å². The Hall–Kier alpha value is -1.40. The fourth-order valence-electron chi connectivity index (χ4n) is 3.00. The Kier molecular flexibility index (Phi) is 18.0. The lowest BCUT2D eigenvalue weighted by molar-refractivity contribution is -0.126. The molecule has 0 aromatic carbocycles. The van der Waals surface area contributed by atoms with Crippen LogP contribution in [0.5, 0.6) is 0 Å². The normalized spacial score (nSPS) is 13.4. The van der Waals surface area contributed by atoms with Gasteiger partial charge in [0.15, 0.2) is 0 Å². The molecule has 0 heterocycles. The van der Waals surface area contributed by atoms with Gasteiger partial charge in [0.05, 0.1) is 25.3 Å². The standard InChI is InChI=1S/C22H42N2O4/c1-3-4-5-6-7-8-9-10-11-12-13-14-15-16-21(27)20(18-25)24-22(28)17-23-19(2)26/h15-16,20-21,25,27H,3-14,17-18H2,1-2H3,(H,23,26)(H,24,28)/b16-15+/t20-,21+/m0/s1. The number of aliphatic hydroxyl groups is 2. The Morgan fingerprint density at radius 2 is 1.46 bits per heavy atom. The van der Waals surface area contributed by atoms with E-state index < -0.39 is 18.1 Å². The molecule has 0 aliphatic heterocycles. The predicted octanol–water partition coefficient (Wildman–Crippen LogP) is 3.22. The average Bonchev–Trinajstić information content (AvgIpc) is 2.67. The molecule has 0 spiro atoms. The second kappa shape index (κ2) is 18.9. The first kappa shape index (κ1) is 26.6. The van der Waals surface area contributed by atoms with E-state index in [0.717, 1.165) is 12.8 Å². The van der Waals surface area contributed by atoms with Crippen molar-refractivity contribution >= 4 is 11.8 Å². The van der Waals surface area contributed by atoms with E-state index in [9.17, 15) is 19.8 Å². The van der Waals surface area contributed by atoms with Crippen LogP contribution in [-0.2, 0) is 9.59 Å². The summed E-state index contributed by atoms with van der Waals surface area (Å²) in [7, 11) is 0. The maximum atomic E-state index is 11.6. The molecule has 6 heteroatoms. The van der Waals surface area contributed by atoms with E-state index in [-0.39, 0.29) is 19.1 Å². The Labute approximate surface area is 171 Å². The summed E-state index contributed by atoms with van der Waals surface area (Å²) in [6.07, 6.45) is 17.8. The number of nitrogens with one attached hydrogen (secondary N) is 2. The van der Waals surface area contributed by atoms with Gasteiger partial charge < -0.3 is 20.8 Å². The van der Waals surface area contributed by atoms with Crippen LogP contribution in [0.1, 0.15) is 90.9 Å². The van der Waals surface area contributed by atoms with Crippen molar-refractivity contribution in [3.8, 4) is 0 Å². The number of rotatable bonds is 18. The Morgan fingerprint density at radius 1 is 0.929 bits per heavy atom. The van der Waals surface area contributed by atoms with Crippen molar-refractivity contribution in [2.45, 2.75) is 103 Å². The zero-order valence-corrected chi connectivity index (χ0v) is 17.9. The molecule has 0 aromatic rings. The van der Waals surface area contributed by atoms with Crippen molar-refractivity contribution in [2.75, 3.05) is 13.2 Å². The summed E-state index contributed by atoms with van der Waals surface area (Å²) in [5.74, 6) is -0.741. The molecule has 6 nitrogen and oxygen atoms in total. The van der Waals surface area contributed by atoms with Crippen LogP contribution in [0.25, 0.3) is 0 Å². The smallest absolute Gasteiger partial charge is 0.239 e. The number of carbonyl (C=O) groups excluding carboxylic acids is 2. The van der Waals surface area contributed by atoms with Crippen LogP contribution >= 0.6 is 0 Å². The minimum absolute atomic E-state index is 0.166. The van der Waals surface area contributed by atoms with E-state index >= 15 is 0 Å². The number of allylic oxidation sites excluding steroid dienone is 1. The monoisotopic (exact) mass is 398 g/mol. The van der Waals surface area contributed by atoms with Crippen LogP contribution in [0.2, 0.25) is 0 Å². The fourth-order valence-corrected chi connectivity index (χ4v) is 3.00. The van der Waals surface area contributed by atoms with E-state index in [0.29, 0.717) is 0 Å². The van der Waals surface area contributed by atoms with Crippen LogP contribution < -0.4 is 10.6 Å². The van der Waals surface area contributed by atoms with Crippen molar-refractivity contribution in [2.24, 2.45) is 0 Å². The Balaban J connectivity index is 3.70. The van der Waals surface area contributed by atoms with Crippen molar-refractivity contribution in [1.82, 2.24) is 10.6 Å². The van der Waals surface area contributed by atoms with Gasteiger partial charge in [-0.25, -0.2) is 0 Å². The third kappa shape index (κ3) is 16.8. The maximum Gasteiger partial charge on any atom is 0.239 e. The second-order valence-corrected chi connectivity index (χ2v) is 7.51. The van der Waals surface area contributed by atoms with E-state index in [1.807, 2.05) is 6.08 Å². The molecule has 0 saturated heterocycles. The molecular weight excluding hydrogens is 356 g/mol. The van der Waals surface area contributed by atoms with E-state index in [2.05, 4.69) is 17.6 Å². The summed E-state index contributed by atoms with van der Waals surface area (Å²) in [5.41, 5.74) is 0. The van der Waals surface area contributed by atoms with Gasteiger partial charge in [-0.05, 0) is 12.8 Å². The molecule has 0 aliphatic carbocycles. The van der Waals surface area contributed by atoms with Gasteiger partial charge in [-0.1, -0.05) is 83.3 Å². The first-order chi connectivity index (χ1) is 13.5. The quantitative estimate of drug-likeness (QED) is 0.210. The van der Waals surface area contributed by atoms with Crippen molar-refractivity contribution < 1.29 is 19.8 Å². The lowest BCUT2D eigenvalue weighted by atomic mass is 10.0. The molecule has 2 atom stereocenters. The van der Waals surface area contributed by atoms with E-state index in [4.69, 9.17) is 0 Å². The summed E-state index contributed by atoms with van der Waals surface area (Å²) in [6, 6.07) is -0.769. The molecule has 0 bridgehead atoms. The van der Waals surface area contributed by atoms with Crippen LogP contribution in [0, 0.1) is 0 Å². The molecule has 28 heavy (non-hydrogen) atoms. The van der Waals surface area contributed by atoms with Crippen LogP contribution in [-0.4, -0.2) is 47.3 Å². The molecule has 164 valence electrons. The maximum absolute atomic E-state index is 11.6. The molecular formula is C22H42N2O4. The molecule has 0 radical (unpaired) electrons. The third-order valence-electron chi connectivity index (χ3n) is 4.76. The molecule has 0 fully saturated rings. The lowest BCUT2D eigenvalue weighted by Crippen LogP contribution is -2.48. The van der Waals surface area contributed by atoms with Gasteiger partial charge in [-0.3, -0.25) is 9.59 Å². The SMILES string of the molecule is CCCCCCCCCCCCC/C=C/[C@@H](O)[C@H](CO)NC(=O)CNC(C)=O. The summed E-state index contributed by atoms with van der Waals surface area (Å²) in [5, 5.41) is 24.3. The van der Waals surface area contributed by atoms with E-state index in [1.165, 1.54) is 71.1 Å². The average molecular weight is 399 g/mol. The highest BCUT2D eigenvalue weighted by atomic mass is 16.3. The largest absolute Gasteiger partial charge is 0.394 e. The second-order valence-electron chi connectivity index (χ2n) is 7.51. The highest BCUT2D eigenvalue weighted by Crippen LogP contribution is 2.12. The van der Waals surface area contributed by atoms with Crippen LogP contribution in [0.15, 0.2) is 12.2 Å². The fraction of sp³-hybridized carbons (Fsp3) is 0.818. The highest BCUT2D eigenvalue weighted by molar-refractivity contribution is 5.83.